The number of unbranched alkanes of at least 4 members (excludes halogenated alkanes) is 5. The Morgan fingerprint density at radius 3 is 2.32 bits per heavy atom. The minimum Gasteiger partial charge on any atom is -0.467 e. The molecule has 2 atom stereocenters. The van der Waals surface area contributed by atoms with Crippen molar-refractivity contribution in [2.24, 2.45) is 0 Å². The van der Waals surface area contributed by atoms with Crippen LogP contribution < -0.4 is 0 Å². The molecule has 1 heterocycles. The third kappa shape index (κ3) is 6.97. The SMILES string of the molecule is COC(=O)C(Cl)(Cl)CCCCCCCCC1OC1c1ccc(Cl)cc1. The zero-order valence-electron chi connectivity index (χ0n) is 14.5. The average molecular weight is 408 g/mol. The summed E-state index contributed by atoms with van der Waals surface area (Å²) in [5, 5.41) is 0.758. The van der Waals surface area contributed by atoms with Crippen LogP contribution in [0.15, 0.2) is 24.3 Å². The molecule has 140 valence electrons. The van der Waals surface area contributed by atoms with E-state index in [-0.39, 0.29) is 6.10 Å². The lowest BCUT2D eigenvalue weighted by Gasteiger charge is -2.15. The fourth-order valence-electron chi connectivity index (χ4n) is 2.96. The van der Waals surface area contributed by atoms with Crippen LogP contribution in [-0.4, -0.2) is 23.5 Å². The number of rotatable bonds is 11. The topological polar surface area (TPSA) is 38.8 Å². The van der Waals surface area contributed by atoms with Gasteiger partial charge in [-0.2, -0.15) is 0 Å². The molecule has 0 saturated carbocycles. The number of methoxy groups -OCH3 is 1. The summed E-state index contributed by atoms with van der Waals surface area (Å²) in [6.07, 6.45) is 8.64. The van der Waals surface area contributed by atoms with E-state index in [9.17, 15) is 4.79 Å². The van der Waals surface area contributed by atoms with Gasteiger partial charge in [0.05, 0.1) is 13.2 Å². The molecule has 6 heteroatoms. The molecular formula is C19H25Cl3O3. The zero-order chi connectivity index (χ0) is 18.3. The second kappa shape index (κ2) is 10.0. The fourth-order valence-corrected chi connectivity index (χ4v) is 3.51. The van der Waals surface area contributed by atoms with E-state index in [4.69, 9.17) is 39.5 Å². The number of carbonyl (C=O) groups excluding carboxylic acids is 1. The fraction of sp³-hybridized carbons (Fsp3) is 0.632. The molecule has 1 aliphatic rings. The molecule has 25 heavy (non-hydrogen) atoms. The lowest BCUT2D eigenvalue weighted by Crippen LogP contribution is -2.27. The summed E-state index contributed by atoms with van der Waals surface area (Å²) in [7, 11) is 1.29. The lowest BCUT2D eigenvalue weighted by atomic mass is 10.0. The van der Waals surface area contributed by atoms with Crippen LogP contribution in [0.2, 0.25) is 5.02 Å². The van der Waals surface area contributed by atoms with Gasteiger partial charge in [-0.15, -0.1) is 0 Å². The van der Waals surface area contributed by atoms with Crippen molar-refractivity contribution in [1.29, 1.82) is 0 Å². The van der Waals surface area contributed by atoms with Crippen molar-refractivity contribution in [3.63, 3.8) is 0 Å². The Labute approximate surface area is 164 Å². The highest BCUT2D eigenvalue weighted by Crippen LogP contribution is 2.41. The standard InChI is InChI=1S/C19H25Cl3O3/c1-24-18(23)19(21,22)13-7-5-3-2-4-6-8-16-17(25-16)14-9-11-15(20)12-10-14/h9-12,16-17H,2-8,13H2,1H3. The van der Waals surface area contributed by atoms with Crippen molar-refractivity contribution in [2.45, 2.75) is 67.9 Å². The van der Waals surface area contributed by atoms with Gasteiger partial charge in [0, 0.05) is 5.02 Å². The monoisotopic (exact) mass is 406 g/mol. The highest BCUT2D eigenvalue weighted by atomic mass is 35.5. The Morgan fingerprint density at radius 1 is 1.08 bits per heavy atom. The first-order chi connectivity index (χ1) is 11.9. The highest BCUT2D eigenvalue weighted by molar-refractivity contribution is 6.57. The van der Waals surface area contributed by atoms with Gasteiger partial charge in [-0.1, -0.05) is 79.0 Å². The van der Waals surface area contributed by atoms with E-state index in [1.165, 1.54) is 31.9 Å². The summed E-state index contributed by atoms with van der Waals surface area (Å²) in [6, 6.07) is 7.89. The van der Waals surface area contributed by atoms with Crippen molar-refractivity contribution in [1.82, 2.24) is 0 Å². The summed E-state index contributed by atoms with van der Waals surface area (Å²) >= 11 is 17.8. The molecule has 0 N–H and O–H groups in total. The van der Waals surface area contributed by atoms with E-state index in [1.807, 2.05) is 24.3 Å². The van der Waals surface area contributed by atoms with Crippen LogP contribution in [0.3, 0.4) is 0 Å². The van der Waals surface area contributed by atoms with E-state index < -0.39 is 10.3 Å². The van der Waals surface area contributed by atoms with Crippen LogP contribution in [0.1, 0.15) is 63.0 Å². The predicted octanol–water partition coefficient (Wildman–Crippen LogP) is 6.25. The lowest BCUT2D eigenvalue weighted by molar-refractivity contribution is -0.141. The number of hydrogen-bond donors (Lipinski definition) is 0. The summed E-state index contributed by atoms with van der Waals surface area (Å²) in [5.41, 5.74) is 1.21. The van der Waals surface area contributed by atoms with Crippen molar-refractivity contribution < 1.29 is 14.3 Å². The molecule has 1 aromatic carbocycles. The number of carbonyl (C=O) groups is 1. The first-order valence-electron chi connectivity index (χ1n) is 8.81. The molecule has 3 nitrogen and oxygen atoms in total. The smallest absolute Gasteiger partial charge is 0.342 e. The Bertz CT molecular complexity index is 545. The van der Waals surface area contributed by atoms with Gasteiger partial charge in [-0.05, 0) is 37.0 Å². The maximum atomic E-state index is 11.3. The Hall–Kier alpha value is -0.480. The maximum Gasteiger partial charge on any atom is 0.342 e. The second-order valence-corrected chi connectivity index (χ2v) is 8.42. The quantitative estimate of drug-likeness (QED) is 0.188. The first-order valence-corrected chi connectivity index (χ1v) is 9.94. The third-order valence-corrected chi connectivity index (χ3v) is 5.43. The number of halogens is 3. The van der Waals surface area contributed by atoms with Gasteiger partial charge in [0.15, 0.2) is 0 Å². The molecule has 0 aromatic heterocycles. The summed E-state index contributed by atoms with van der Waals surface area (Å²) < 4.78 is 8.91. The van der Waals surface area contributed by atoms with E-state index in [1.54, 1.807) is 0 Å². The van der Waals surface area contributed by atoms with Crippen LogP contribution in [0.25, 0.3) is 0 Å². The number of esters is 1. The van der Waals surface area contributed by atoms with E-state index >= 15 is 0 Å². The van der Waals surface area contributed by atoms with Gasteiger partial charge in [-0.25, -0.2) is 4.79 Å². The molecule has 0 aliphatic carbocycles. The van der Waals surface area contributed by atoms with E-state index in [0.717, 1.165) is 30.7 Å². The van der Waals surface area contributed by atoms with Crippen molar-refractivity contribution in [3.8, 4) is 0 Å². The molecule has 1 fully saturated rings. The van der Waals surface area contributed by atoms with Crippen LogP contribution in [-0.2, 0) is 14.3 Å². The Kier molecular flexibility index (Phi) is 8.34. The minimum absolute atomic E-state index is 0.246. The second-order valence-electron chi connectivity index (χ2n) is 6.50. The van der Waals surface area contributed by atoms with Crippen LogP contribution >= 0.6 is 34.8 Å². The number of hydrogen-bond acceptors (Lipinski definition) is 3. The van der Waals surface area contributed by atoms with Crippen molar-refractivity contribution in [2.75, 3.05) is 7.11 Å². The number of benzene rings is 1. The molecule has 0 amide bonds. The molecule has 1 aromatic rings. The van der Waals surface area contributed by atoms with Gasteiger partial charge in [0.25, 0.3) is 0 Å². The predicted molar refractivity (Wildman–Crippen MR) is 102 cm³/mol. The molecule has 1 saturated heterocycles. The zero-order valence-corrected chi connectivity index (χ0v) is 16.7. The minimum atomic E-state index is -1.41. The van der Waals surface area contributed by atoms with E-state index in [2.05, 4.69) is 4.74 Å². The van der Waals surface area contributed by atoms with Gasteiger partial charge >= 0.3 is 5.97 Å². The number of epoxide rings is 1. The normalized spacial score (nSPS) is 19.7. The van der Waals surface area contributed by atoms with Crippen LogP contribution in [0.4, 0.5) is 0 Å². The largest absolute Gasteiger partial charge is 0.467 e. The summed E-state index contributed by atoms with van der Waals surface area (Å²) in [4.78, 5) is 11.3. The third-order valence-electron chi connectivity index (χ3n) is 4.49. The number of ether oxygens (including phenoxy) is 2. The Balaban J connectivity index is 1.47. The highest BCUT2D eigenvalue weighted by Gasteiger charge is 2.39. The van der Waals surface area contributed by atoms with Crippen LogP contribution in [0.5, 0.6) is 0 Å². The first kappa shape index (κ1) is 20.8. The van der Waals surface area contributed by atoms with Gasteiger partial charge in [-0.3, -0.25) is 0 Å². The molecule has 2 rings (SSSR count). The summed E-state index contributed by atoms with van der Waals surface area (Å²) in [5.74, 6) is -0.574. The van der Waals surface area contributed by atoms with Crippen molar-refractivity contribution >= 4 is 40.8 Å². The molecule has 0 bridgehead atoms. The number of alkyl halides is 2. The molecular weight excluding hydrogens is 383 g/mol. The maximum absolute atomic E-state index is 11.3. The van der Waals surface area contributed by atoms with Gasteiger partial charge < -0.3 is 9.47 Å². The summed E-state index contributed by atoms with van der Waals surface area (Å²) in [6.45, 7) is 0. The Morgan fingerprint density at radius 2 is 1.68 bits per heavy atom. The van der Waals surface area contributed by atoms with Gasteiger partial charge in [0.1, 0.15) is 6.10 Å². The average Bonchev–Trinajstić information content (AvgIpc) is 3.36. The van der Waals surface area contributed by atoms with E-state index in [0.29, 0.717) is 12.5 Å². The molecule has 1 aliphatic heterocycles. The van der Waals surface area contributed by atoms with Crippen molar-refractivity contribution in [3.05, 3.63) is 34.9 Å². The molecule has 2 unspecified atom stereocenters. The molecule has 0 spiro atoms. The van der Waals surface area contributed by atoms with Gasteiger partial charge in [0.2, 0.25) is 4.33 Å². The molecule has 0 radical (unpaired) electrons. The van der Waals surface area contributed by atoms with Crippen LogP contribution in [0, 0.1) is 0 Å².